The van der Waals surface area contributed by atoms with Crippen LogP contribution in [0, 0.1) is 19.3 Å². The minimum Gasteiger partial charge on any atom is -0.481 e. The van der Waals surface area contributed by atoms with Crippen LogP contribution in [0.2, 0.25) is 0 Å². The van der Waals surface area contributed by atoms with Crippen molar-refractivity contribution in [3.8, 4) is 0 Å². The molecule has 4 nitrogen and oxygen atoms in total. The van der Waals surface area contributed by atoms with Gasteiger partial charge in [0.15, 0.2) is 0 Å². The lowest BCUT2D eigenvalue weighted by molar-refractivity contribution is -0.147. The molecule has 1 fully saturated rings. The van der Waals surface area contributed by atoms with Crippen LogP contribution in [0.1, 0.15) is 22.0 Å². The number of aliphatic carboxylic acids is 1. The number of carboxylic acid groups (broad SMARTS) is 1. The van der Waals surface area contributed by atoms with Gasteiger partial charge in [0.05, 0.1) is 16.1 Å². The van der Waals surface area contributed by atoms with Crippen LogP contribution < -0.4 is 5.32 Å². The van der Waals surface area contributed by atoms with Crippen molar-refractivity contribution in [2.45, 2.75) is 26.7 Å². The van der Waals surface area contributed by atoms with E-state index in [1.165, 1.54) is 4.88 Å². The average Bonchev–Trinajstić information content (AvgIpc) is 2.77. The number of nitrogens with zero attached hydrogens (tertiary/aromatic N) is 1. The largest absolute Gasteiger partial charge is 0.481 e. The maximum Gasteiger partial charge on any atom is 0.311 e. The van der Waals surface area contributed by atoms with E-state index in [1.54, 1.807) is 11.3 Å². The first-order valence-corrected chi connectivity index (χ1v) is 6.22. The zero-order chi connectivity index (χ0) is 11.8. The van der Waals surface area contributed by atoms with E-state index in [0.717, 1.165) is 17.2 Å². The topological polar surface area (TPSA) is 62.2 Å². The Kier molecular flexibility index (Phi) is 2.99. The molecule has 1 aliphatic heterocycles. The molecule has 5 heteroatoms. The lowest BCUT2D eigenvalue weighted by Gasteiger charge is -2.21. The fourth-order valence-corrected chi connectivity index (χ4v) is 3.13. The molecule has 1 unspecified atom stereocenters. The van der Waals surface area contributed by atoms with Gasteiger partial charge in [0.1, 0.15) is 0 Å². The smallest absolute Gasteiger partial charge is 0.311 e. The van der Waals surface area contributed by atoms with E-state index in [2.05, 4.69) is 10.3 Å². The van der Waals surface area contributed by atoms with Crippen molar-refractivity contribution in [2.24, 2.45) is 5.41 Å². The van der Waals surface area contributed by atoms with Crippen LogP contribution in [-0.4, -0.2) is 29.1 Å². The number of thiazole rings is 1. The summed E-state index contributed by atoms with van der Waals surface area (Å²) in [6.07, 6.45) is 1.24. The van der Waals surface area contributed by atoms with E-state index < -0.39 is 11.4 Å². The first-order valence-electron chi connectivity index (χ1n) is 5.40. The van der Waals surface area contributed by atoms with Gasteiger partial charge in [-0.25, -0.2) is 4.98 Å². The molecule has 16 heavy (non-hydrogen) atoms. The Balaban J connectivity index is 2.21. The molecular weight excluding hydrogens is 224 g/mol. The molecule has 1 atom stereocenters. The van der Waals surface area contributed by atoms with Crippen molar-refractivity contribution < 1.29 is 9.90 Å². The molecule has 1 aliphatic rings. The van der Waals surface area contributed by atoms with Gasteiger partial charge in [-0.15, -0.1) is 11.3 Å². The average molecular weight is 240 g/mol. The lowest BCUT2D eigenvalue weighted by atomic mass is 9.84. The van der Waals surface area contributed by atoms with Gasteiger partial charge < -0.3 is 10.4 Å². The van der Waals surface area contributed by atoms with Crippen molar-refractivity contribution in [1.82, 2.24) is 10.3 Å². The highest BCUT2D eigenvalue weighted by molar-refractivity contribution is 7.11. The second-order valence-corrected chi connectivity index (χ2v) is 5.73. The predicted octanol–water partition coefficient (Wildman–Crippen LogP) is 1.37. The zero-order valence-corrected chi connectivity index (χ0v) is 10.4. The Morgan fingerprint density at radius 2 is 2.38 bits per heavy atom. The molecular formula is C11H16N2O2S. The van der Waals surface area contributed by atoms with Crippen molar-refractivity contribution in [3.63, 3.8) is 0 Å². The molecule has 0 aromatic carbocycles. The third kappa shape index (κ3) is 1.97. The maximum absolute atomic E-state index is 11.4. The number of aromatic nitrogens is 1. The van der Waals surface area contributed by atoms with Crippen LogP contribution in [0.3, 0.4) is 0 Å². The third-order valence-corrected chi connectivity index (χ3v) is 4.33. The second kappa shape index (κ2) is 4.14. The SMILES string of the molecule is Cc1nc(CC2(C(=O)O)CCNC2)sc1C. The van der Waals surface area contributed by atoms with Gasteiger partial charge in [-0.2, -0.15) is 0 Å². The molecule has 0 bridgehead atoms. The van der Waals surface area contributed by atoms with E-state index in [9.17, 15) is 9.90 Å². The lowest BCUT2D eigenvalue weighted by Crippen LogP contribution is -2.35. The van der Waals surface area contributed by atoms with Gasteiger partial charge in [0.2, 0.25) is 0 Å². The predicted molar refractivity (Wildman–Crippen MR) is 62.8 cm³/mol. The highest BCUT2D eigenvalue weighted by Crippen LogP contribution is 2.32. The summed E-state index contributed by atoms with van der Waals surface area (Å²) in [6.45, 7) is 5.34. The van der Waals surface area contributed by atoms with Gasteiger partial charge in [0.25, 0.3) is 0 Å². The molecule has 0 radical (unpaired) electrons. The Morgan fingerprint density at radius 3 is 2.81 bits per heavy atom. The fraction of sp³-hybridized carbons (Fsp3) is 0.636. The van der Waals surface area contributed by atoms with Crippen molar-refractivity contribution >= 4 is 17.3 Å². The molecule has 0 spiro atoms. The van der Waals surface area contributed by atoms with Gasteiger partial charge in [-0.1, -0.05) is 0 Å². The van der Waals surface area contributed by atoms with E-state index in [-0.39, 0.29) is 0 Å². The number of hydrogen-bond donors (Lipinski definition) is 2. The van der Waals surface area contributed by atoms with Crippen LogP contribution in [-0.2, 0) is 11.2 Å². The van der Waals surface area contributed by atoms with Gasteiger partial charge in [0, 0.05) is 17.8 Å². The zero-order valence-electron chi connectivity index (χ0n) is 9.54. The van der Waals surface area contributed by atoms with Crippen LogP contribution in [0.15, 0.2) is 0 Å². The molecule has 88 valence electrons. The number of aryl methyl sites for hydroxylation is 2. The Hall–Kier alpha value is -0.940. The summed E-state index contributed by atoms with van der Waals surface area (Å²) in [4.78, 5) is 17.0. The molecule has 1 saturated heterocycles. The second-order valence-electron chi connectivity index (χ2n) is 4.44. The summed E-state index contributed by atoms with van der Waals surface area (Å²) in [7, 11) is 0. The molecule has 0 saturated carbocycles. The molecule has 2 rings (SSSR count). The van der Waals surface area contributed by atoms with Crippen molar-refractivity contribution in [3.05, 3.63) is 15.6 Å². The fourth-order valence-electron chi connectivity index (χ4n) is 2.06. The first-order chi connectivity index (χ1) is 7.53. The Morgan fingerprint density at radius 1 is 1.62 bits per heavy atom. The van der Waals surface area contributed by atoms with E-state index in [4.69, 9.17) is 0 Å². The van der Waals surface area contributed by atoms with E-state index in [0.29, 0.717) is 19.4 Å². The number of hydrogen-bond acceptors (Lipinski definition) is 4. The molecule has 0 aliphatic carbocycles. The van der Waals surface area contributed by atoms with Gasteiger partial charge in [-0.05, 0) is 26.8 Å². The third-order valence-electron chi connectivity index (χ3n) is 3.26. The summed E-state index contributed by atoms with van der Waals surface area (Å²) in [5.74, 6) is -0.706. The molecule has 2 heterocycles. The minimum atomic E-state index is -0.706. The van der Waals surface area contributed by atoms with Crippen molar-refractivity contribution in [1.29, 1.82) is 0 Å². The van der Waals surface area contributed by atoms with E-state index >= 15 is 0 Å². The quantitative estimate of drug-likeness (QED) is 0.837. The minimum absolute atomic E-state index is 0.550. The summed E-state index contributed by atoms with van der Waals surface area (Å²) < 4.78 is 0. The highest BCUT2D eigenvalue weighted by atomic mass is 32.1. The summed E-state index contributed by atoms with van der Waals surface area (Å²) >= 11 is 1.61. The molecule has 0 amide bonds. The summed E-state index contributed by atoms with van der Waals surface area (Å²) in [6, 6.07) is 0. The molecule has 1 aromatic heterocycles. The van der Waals surface area contributed by atoms with Crippen LogP contribution in [0.25, 0.3) is 0 Å². The summed E-state index contributed by atoms with van der Waals surface area (Å²) in [5, 5.41) is 13.4. The Bertz CT molecular complexity index is 389. The number of carbonyl (C=O) groups is 1. The number of nitrogens with one attached hydrogen (secondary N) is 1. The maximum atomic E-state index is 11.4. The molecule has 1 aromatic rings. The van der Waals surface area contributed by atoms with Gasteiger partial charge in [-0.3, -0.25) is 4.79 Å². The van der Waals surface area contributed by atoms with E-state index in [1.807, 2.05) is 13.8 Å². The van der Waals surface area contributed by atoms with Crippen LogP contribution in [0.4, 0.5) is 0 Å². The number of carboxylic acids is 1. The Labute approximate surface area is 98.7 Å². The normalized spacial score (nSPS) is 24.9. The molecule has 2 N–H and O–H groups in total. The standard InChI is InChI=1S/C11H16N2O2S/c1-7-8(2)16-9(13-7)5-11(10(14)15)3-4-12-6-11/h12H,3-6H2,1-2H3,(H,14,15). The van der Waals surface area contributed by atoms with Gasteiger partial charge >= 0.3 is 5.97 Å². The summed E-state index contributed by atoms with van der Waals surface area (Å²) in [5.41, 5.74) is 0.378. The number of rotatable bonds is 3. The highest BCUT2D eigenvalue weighted by Gasteiger charge is 2.42. The van der Waals surface area contributed by atoms with Crippen LogP contribution >= 0.6 is 11.3 Å². The first kappa shape index (κ1) is 11.5. The van der Waals surface area contributed by atoms with Crippen molar-refractivity contribution in [2.75, 3.05) is 13.1 Å². The van der Waals surface area contributed by atoms with Crippen LogP contribution in [0.5, 0.6) is 0 Å². The monoisotopic (exact) mass is 240 g/mol.